The second kappa shape index (κ2) is 8.62. The van der Waals surface area contributed by atoms with E-state index in [1.165, 1.54) is 11.7 Å². The van der Waals surface area contributed by atoms with Crippen molar-refractivity contribution >= 4 is 16.5 Å². The molecule has 0 unspecified atom stereocenters. The monoisotopic (exact) mass is 346 g/mol. The standard InChI is InChI=1S/C12H25P.C8H19P/c1-10(2)9-13(11(3,4)5)12(6,7)8;1-7(2,3)9-8(4,5)6/h1,9H2,2-8H3;9H,1-6H3. The van der Waals surface area contributed by atoms with Crippen LogP contribution in [0.2, 0.25) is 0 Å². The molecule has 0 aliphatic rings. The Kier molecular flexibility index (Phi) is 9.74. The van der Waals surface area contributed by atoms with Crippen molar-refractivity contribution in [2.24, 2.45) is 0 Å². The van der Waals surface area contributed by atoms with Crippen molar-refractivity contribution < 1.29 is 0 Å². The van der Waals surface area contributed by atoms with Gasteiger partial charge >= 0.3 is 0 Å². The van der Waals surface area contributed by atoms with Crippen molar-refractivity contribution in [1.29, 1.82) is 0 Å². The third-order valence-electron chi connectivity index (χ3n) is 2.80. The molecule has 0 N–H and O–H groups in total. The highest BCUT2D eigenvalue weighted by atomic mass is 31.1. The van der Waals surface area contributed by atoms with E-state index in [9.17, 15) is 0 Å². The molecule has 0 amide bonds. The molecule has 22 heavy (non-hydrogen) atoms. The third-order valence-corrected chi connectivity index (χ3v) is 8.39. The van der Waals surface area contributed by atoms with E-state index in [0.717, 1.165) is 8.58 Å². The topological polar surface area (TPSA) is 0 Å². The normalized spacial score (nSPS) is 13.7. The van der Waals surface area contributed by atoms with Crippen LogP contribution < -0.4 is 0 Å². The lowest BCUT2D eigenvalue weighted by Gasteiger charge is -2.41. The van der Waals surface area contributed by atoms with Crippen molar-refractivity contribution in [3.05, 3.63) is 12.2 Å². The molecule has 0 heterocycles. The van der Waals surface area contributed by atoms with Gasteiger partial charge < -0.3 is 0 Å². The van der Waals surface area contributed by atoms with Gasteiger partial charge in [0.15, 0.2) is 0 Å². The average molecular weight is 347 g/mol. The second-order valence-corrected chi connectivity index (χ2v) is 17.6. The predicted molar refractivity (Wildman–Crippen MR) is 114 cm³/mol. The highest BCUT2D eigenvalue weighted by Gasteiger charge is 2.33. The summed E-state index contributed by atoms with van der Waals surface area (Å²) in [6, 6.07) is 0. The molecular weight excluding hydrogens is 302 g/mol. The van der Waals surface area contributed by atoms with Crippen LogP contribution in [0.15, 0.2) is 12.2 Å². The Morgan fingerprint density at radius 3 is 1.05 bits per heavy atom. The van der Waals surface area contributed by atoms with Gasteiger partial charge in [0.05, 0.1) is 0 Å². The minimum atomic E-state index is 0.0183. The maximum Gasteiger partial charge on any atom is -0.0110 e. The molecule has 0 saturated heterocycles. The largest absolute Gasteiger partial charge is 0.111 e. The molecular formula is C20H44P2. The molecule has 0 rings (SSSR count). The Balaban J connectivity index is 0. The average Bonchev–Trinajstić information content (AvgIpc) is 2.04. The van der Waals surface area contributed by atoms with Gasteiger partial charge in [-0.3, -0.25) is 0 Å². The molecule has 2 heteroatoms. The van der Waals surface area contributed by atoms with Gasteiger partial charge in [0, 0.05) is 0 Å². The maximum absolute atomic E-state index is 4.04. The van der Waals surface area contributed by atoms with Crippen LogP contribution in [0.3, 0.4) is 0 Å². The molecule has 0 radical (unpaired) electrons. The van der Waals surface area contributed by atoms with Gasteiger partial charge in [-0.05, 0) is 33.7 Å². The van der Waals surface area contributed by atoms with Crippen LogP contribution in [0.25, 0.3) is 0 Å². The van der Waals surface area contributed by atoms with Crippen LogP contribution in [0, 0.1) is 0 Å². The fourth-order valence-corrected chi connectivity index (χ4v) is 8.63. The van der Waals surface area contributed by atoms with Gasteiger partial charge in [-0.2, -0.15) is 0 Å². The van der Waals surface area contributed by atoms with Crippen LogP contribution in [-0.2, 0) is 0 Å². The van der Waals surface area contributed by atoms with Gasteiger partial charge in [-0.15, -0.1) is 8.58 Å². The van der Waals surface area contributed by atoms with Crippen molar-refractivity contribution in [2.75, 3.05) is 6.16 Å². The first-order chi connectivity index (χ1) is 9.26. The van der Waals surface area contributed by atoms with Crippen molar-refractivity contribution in [3.8, 4) is 0 Å². The number of allylic oxidation sites excluding steroid dienone is 1. The smallest absolute Gasteiger partial charge is 0.0110 e. The van der Waals surface area contributed by atoms with Crippen LogP contribution in [0.1, 0.15) is 90.0 Å². The van der Waals surface area contributed by atoms with Crippen LogP contribution in [-0.4, -0.2) is 26.8 Å². The van der Waals surface area contributed by atoms with Crippen LogP contribution in [0.4, 0.5) is 0 Å². The Bertz CT molecular complexity index is 301. The summed E-state index contributed by atoms with van der Waals surface area (Å²) in [5.41, 5.74) is 1.33. The number of hydrogen-bond acceptors (Lipinski definition) is 0. The van der Waals surface area contributed by atoms with Crippen molar-refractivity contribution in [3.63, 3.8) is 0 Å². The van der Waals surface area contributed by atoms with Gasteiger partial charge in [-0.1, -0.05) is 103 Å². The summed E-state index contributed by atoms with van der Waals surface area (Å²) in [5.74, 6) is 0. The first-order valence-corrected chi connectivity index (χ1v) is 11.0. The highest BCUT2D eigenvalue weighted by Crippen LogP contribution is 2.59. The van der Waals surface area contributed by atoms with Crippen LogP contribution >= 0.6 is 16.5 Å². The second-order valence-electron chi connectivity index (χ2n) is 10.5. The molecule has 0 aromatic heterocycles. The lowest BCUT2D eigenvalue weighted by molar-refractivity contribution is 0.706. The lowest BCUT2D eigenvalue weighted by Crippen LogP contribution is -2.26. The van der Waals surface area contributed by atoms with E-state index in [2.05, 4.69) is 96.6 Å². The minimum Gasteiger partial charge on any atom is -0.111 e. The molecule has 0 fully saturated rings. The predicted octanol–water partition coefficient (Wildman–Crippen LogP) is 7.90. The quantitative estimate of drug-likeness (QED) is 0.352. The van der Waals surface area contributed by atoms with E-state index >= 15 is 0 Å². The minimum absolute atomic E-state index is 0.0183. The molecule has 0 aliphatic carbocycles. The van der Waals surface area contributed by atoms with E-state index in [0.29, 0.717) is 20.6 Å². The SMILES string of the molecule is C=C(C)CP(C(C)(C)C)C(C)(C)C.CC(C)(C)PC(C)(C)C. The first kappa shape index (κ1) is 24.8. The third kappa shape index (κ3) is 15.5. The van der Waals surface area contributed by atoms with Gasteiger partial charge in [0.1, 0.15) is 0 Å². The van der Waals surface area contributed by atoms with Gasteiger partial charge in [-0.25, -0.2) is 0 Å². The lowest BCUT2D eigenvalue weighted by atomic mass is 10.2. The molecule has 0 aliphatic heterocycles. The summed E-state index contributed by atoms with van der Waals surface area (Å²) >= 11 is 0. The van der Waals surface area contributed by atoms with E-state index in [-0.39, 0.29) is 7.92 Å². The summed E-state index contributed by atoms with van der Waals surface area (Å²) in [7, 11) is 1.07. The molecule has 0 bridgehead atoms. The Morgan fingerprint density at radius 1 is 0.727 bits per heavy atom. The maximum atomic E-state index is 4.04. The number of rotatable bonds is 2. The van der Waals surface area contributed by atoms with E-state index in [1.807, 2.05) is 0 Å². The molecule has 134 valence electrons. The van der Waals surface area contributed by atoms with Crippen molar-refractivity contribution in [1.82, 2.24) is 0 Å². The Labute approximate surface area is 145 Å². The highest BCUT2D eigenvalue weighted by molar-refractivity contribution is 7.61. The zero-order chi connectivity index (χ0) is 18.6. The zero-order valence-corrected chi connectivity index (χ0v) is 19.8. The summed E-state index contributed by atoms with van der Waals surface area (Å²) in [4.78, 5) is 0. The first-order valence-electron chi connectivity index (χ1n) is 8.47. The van der Waals surface area contributed by atoms with Gasteiger partial charge in [0.25, 0.3) is 0 Å². The molecule has 0 spiro atoms. The summed E-state index contributed by atoms with van der Waals surface area (Å²) in [6.07, 6.45) is 1.21. The fraction of sp³-hybridized carbons (Fsp3) is 0.900. The molecule has 0 saturated carbocycles. The van der Waals surface area contributed by atoms with Crippen molar-refractivity contribution in [2.45, 2.75) is 111 Å². The fourth-order valence-electron chi connectivity index (χ4n) is 2.88. The molecule has 0 aromatic rings. The zero-order valence-electron chi connectivity index (χ0n) is 17.9. The molecule has 0 aromatic carbocycles. The molecule has 0 nitrogen and oxygen atoms in total. The van der Waals surface area contributed by atoms with Crippen LogP contribution in [0.5, 0.6) is 0 Å². The molecule has 0 atom stereocenters. The summed E-state index contributed by atoms with van der Waals surface area (Å²) in [5, 5.41) is 1.90. The van der Waals surface area contributed by atoms with E-state index in [1.54, 1.807) is 0 Å². The summed E-state index contributed by atoms with van der Waals surface area (Å²) in [6.45, 7) is 34.1. The van der Waals surface area contributed by atoms with E-state index in [4.69, 9.17) is 0 Å². The Hall–Kier alpha value is 0.600. The van der Waals surface area contributed by atoms with Gasteiger partial charge in [0.2, 0.25) is 0 Å². The Morgan fingerprint density at radius 2 is 1.00 bits per heavy atom. The van der Waals surface area contributed by atoms with E-state index < -0.39 is 0 Å². The number of hydrogen-bond donors (Lipinski definition) is 0. The summed E-state index contributed by atoms with van der Waals surface area (Å²) < 4.78 is 0.